The van der Waals surface area contributed by atoms with E-state index in [-0.39, 0.29) is 11.9 Å². The zero-order chi connectivity index (χ0) is 16.9. The summed E-state index contributed by atoms with van der Waals surface area (Å²) in [5.41, 5.74) is 7.38. The van der Waals surface area contributed by atoms with Gasteiger partial charge >= 0.3 is 0 Å². The first-order valence-electron chi connectivity index (χ1n) is 8.14. The van der Waals surface area contributed by atoms with Crippen molar-refractivity contribution in [1.29, 1.82) is 0 Å². The van der Waals surface area contributed by atoms with E-state index >= 15 is 0 Å². The van der Waals surface area contributed by atoms with Crippen molar-refractivity contribution in [2.45, 2.75) is 18.9 Å². The number of para-hydroxylation sites is 1. The molecule has 2 amide bonds. The van der Waals surface area contributed by atoms with E-state index in [9.17, 15) is 9.59 Å². The Morgan fingerprint density at radius 2 is 1.50 bits per heavy atom. The summed E-state index contributed by atoms with van der Waals surface area (Å²) in [4.78, 5) is 25.7. The Kier molecular flexibility index (Phi) is 4.79. The number of benzene rings is 2. The quantitative estimate of drug-likeness (QED) is 0.905. The summed E-state index contributed by atoms with van der Waals surface area (Å²) in [7, 11) is 0. The molecule has 0 spiro atoms. The number of anilines is 1. The standard InChI is InChI=1S/C19H21N3O2/c20-18(23)14-6-8-15(9-7-14)19(24)21-16-10-12-22(13-11-16)17-4-2-1-3-5-17/h1-9,16H,10-13H2,(H2,20,23)(H,21,24). The summed E-state index contributed by atoms with van der Waals surface area (Å²) < 4.78 is 0. The molecule has 5 nitrogen and oxygen atoms in total. The van der Waals surface area contributed by atoms with Crippen LogP contribution in [0.15, 0.2) is 54.6 Å². The van der Waals surface area contributed by atoms with Gasteiger partial charge in [0, 0.05) is 35.9 Å². The first-order valence-corrected chi connectivity index (χ1v) is 8.14. The van der Waals surface area contributed by atoms with Gasteiger partial charge in [-0.2, -0.15) is 0 Å². The fourth-order valence-electron chi connectivity index (χ4n) is 2.98. The number of nitrogens with two attached hydrogens (primary N) is 1. The monoisotopic (exact) mass is 323 g/mol. The van der Waals surface area contributed by atoms with Crippen LogP contribution in [0.2, 0.25) is 0 Å². The van der Waals surface area contributed by atoms with Crippen molar-refractivity contribution in [3.63, 3.8) is 0 Å². The van der Waals surface area contributed by atoms with Crippen molar-refractivity contribution in [3.8, 4) is 0 Å². The van der Waals surface area contributed by atoms with E-state index in [1.165, 1.54) is 5.69 Å². The third-order valence-electron chi connectivity index (χ3n) is 4.38. The molecule has 1 aliphatic heterocycles. The summed E-state index contributed by atoms with van der Waals surface area (Å²) in [6, 6.07) is 16.9. The average molecular weight is 323 g/mol. The zero-order valence-corrected chi connectivity index (χ0v) is 13.4. The molecule has 0 aromatic heterocycles. The number of piperidine rings is 1. The number of carbonyl (C=O) groups excluding carboxylic acids is 2. The molecule has 1 heterocycles. The van der Waals surface area contributed by atoms with Gasteiger partial charge < -0.3 is 16.0 Å². The van der Waals surface area contributed by atoms with Crippen LogP contribution < -0.4 is 16.0 Å². The van der Waals surface area contributed by atoms with E-state index in [4.69, 9.17) is 5.73 Å². The van der Waals surface area contributed by atoms with Crippen molar-refractivity contribution in [3.05, 3.63) is 65.7 Å². The van der Waals surface area contributed by atoms with Gasteiger partial charge in [-0.1, -0.05) is 18.2 Å². The molecule has 24 heavy (non-hydrogen) atoms. The predicted octanol–water partition coefficient (Wildman–Crippen LogP) is 2.18. The number of hydrogen-bond acceptors (Lipinski definition) is 3. The number of hydrogen-bond donors (Lipinski definition) is 2. The largest absolute Gasteiger partial charge is 0.371 e. The highest BCUT2D eigenvalue weighted by Gasteiger charge is 2.21. The van der Waals surface area contributed by atoms with Crippen molar-refractivity contribution in [1.82, 2.24) is 5.32 Å². The van der Waals surface area contributed by atoms with Crippen molar-refractivity contribution >= 4 is 17.5 Å². The third kappa shape index (κ3) is 3.74. The van der Waals surface area contributed by atoms with Crippen LogP contribution in [0.1, 0.15) is 33.6 Å². The first-order chi connectivity index (χ1) is 11.6. The molecule has 2 aromatic carbocycles. The van der Waals surface area contributed by atoms with Crippen LogP contribution in [0.25, 0.3) is 0 Å². The smallest absolute Gasteiger partial charge is 0.251 e. The average Bonchev–Trinajstić information content (AvgIpc) is 2.63. The van der Waals surface area contributed by atoms with Crippen LogP contribution in [0.5, 0.6) is 0 Å². The first kappa shape index (κ1) is 16.1. The Hall–Kier alpha value is -2.82. The van der Waals surface area contributed by atoms with Gasteiger partial charge in [0.25, 0.3) is 5.91 Å². The Labute approximate surface area is 141 Å². The van der Waals surface area contributed by atoms with Crippen LogP contribution in [0, 0.1) is 0 Å². The molecule has 0 radical (unpaired) electrons. The van der Waals surface area contributed by atoms with Gasteiger partial charge in [0.2, 0.25) is 5.91 Å². The number of nitrogens with zero attached hydrogens (tertiary/aromatic N) is 1. The molecule has 0 aliphatic carbocycles. The maximum Gasteiger partial charge on any atom is 0.251 e. The lowest BCUT2D eigenvalue weighted by Gasteiger charge is -2.34. The van der Waals surface area contributed by atoms with E-state index in [1.54, 1.807) is 24.3 Å². The van der Waals surface area contributed by atoms with Gasteiger partial charge in [-0.05, 0) is 49.2 Å². The summed E-state index contributed by atoms with van der Waals surface area (Å²) in [6.07, 6.45) is 1.83. The minimum atomic E-state index is -0.491. The maximum absolute atomic E-state index is 12.3. The van der Waals surface area contributed by atoms with E-state index in [0.717, 1.165) is 25.9 Å². The fraction of sp³-hybridized carbons (Fsp3) is 0.263. The number of nitrogens with one attached hydrogen (secondary N) is 1. The molecular formula is C19H21N3O2. The molecule has 1 saturated heterocycles. The second kappa shape index (κ2) is 7.17. The molecule has 0 atom stereocenters. The van der Waals surface area contributed by atoms with Gasteiger partial charge in [0.1, 0.15) is 0 Å². The van der Waals surface area contributed by atoms with E-state index in [1.807, 2.05) is 18.2 Å². The van der Waals surface area contributed by atoms with Gasteiger partial charge in [-0.3, -0.25) is 9.59 Å². The number of carbonyl (C=O) groups is 2. The van der Waals surface area contributed by atoms with E-state index in [2.05, 4.69) is 22.3 Å². The normalized spacial score (nSPS) is 15.1. The van der Waals surface area contributed by atoms with E-state index in [0.29, 0.717) is 11.1 Å². The lowest BCUT2D eigenvalue weighted by molar-refractivity contribution is 0.0929. The summed E-state index contributed by atoms with van der Waals surface area (Å²) >= 11 is 0. The number of primary amides is 1. The minimum Gasteiger partial charge on any atom is -0.371 e. The molecule has 0 bridgehead atoms. The number of rotatable bonds is 4. The van der Waals surface area contributed by atoms with Crippen molar-refractivity contribution < 1.29 is 9.59 Å². The Balaban J connectivity index is 1.54. The summed E-state index contributed by atoms with van der Waals surface area (Å²) in [6.45, 7) is 1.85. The Morgan fingerprint density at radius 1 is 0.917 bits per heavy atom. The van der Waals surface area contributed by atoms with Crippen molar-refractivity contribution in [2.24, 2.45) is 5.73 Å². The topological polar surface area (TPSA) is 75.4 Å². The molecule has 0 saturated carbocycles. The Bertz CT molecular complexity index is 705. The second-order valence-corrected chi connectivity index (χ2v) is 6.01. The minimum absolute atomic E-state index is 0.107. The molecule has 1 aliphatic rings. The molecular weight excluding hydrogens is 302 g/mol. The molecule has 0 unspecified atom stereocenters. The SMILES string of the molecule is NC(=O)c1ccc(C(=O)NC2CCN(c3ccccc3)CC2)cc1. The molecule has 3 N–H and O–H groups in total. The molecule has 124 valence electrons. The second-order valence-electron chi connectivity index (χ2n) is 6.01. The Morgan fingerprint density at radius 3 is 2.08 bits per heavy atom. The van der Waals surface area contributed by atoms with Crippen LogP contribution >= 0.6 is 0 Å². The predicted molar refractivity (Wildman–Crippen MR) is 94.1 cm³/mol. The van der Waals surface area contributed by atoms with Gasteiger partial charge in [0.05, 0.1) is 0 Å². The molecule has 1 fully saturated rings. The lowest BCUT2D eigenvalue weighted by atomic mass is 10.0. The van der Waals surface area contributed by atoms with Crippen LogP contribution in [-0.4, -0.2) is 30.9 Å². The number of amides is 2. The lowest BCUT2D eigenvalue weighted by Crippen LogP contribution is -2.44. The highest BCUT2D eigenvalue weighted by atomic mass is 16.2. The van der Waals surface area contributed by atoms with Crippen LogP contribution in [0.3, 0.4) is 0 Å². The van der Waals surface area contributed by atoms with Crippen LogP contribution in [0.4, 0.5) is 5.69 Å². The van der Waals surface area contributed by atoms with Gasteiger partial charge in [-0.25, -0.2) is 0 Å². The summed E-state index contributed by atoms with van der Waals surface area (Å²) in [5, 5.41) is 3.07. The van der Waals surface area contributed by atoms with Crippen LogP contribution in [-0.2, 0) is 0 Å². The van der Waals surface area contributed by atoms with E-state index < -0.39 is 5.91 Å². The fourth-order valence-corrected chi connectivity index (χ4v) is 2.98. The maximum atomic E-state index is 12.3. The molecule has 3 rings (SSSR count). The summed E-state index contributed by atoms with van der Waals surface area (Å²) in [5.74, 6) is -0.598. The highest BCUT2D eigenvalue weighted by Crippen LogP contribution is 2.19. The third-order valence-corrected chi connectivity index (χ3v) is 4.38. The van der Waals surface area contributed by atoms with Gasteiger partial charge in [0.15, 0.2) is 0 Å². The zero-order valence-electron chi connectivity index (χ0n) is 13.4. The molecule has 5 heteroatoms. The molecule has 2 aromatic rings. The highest BCUT2D eigenvalue weighted by molar-refractivity contribution is 5.97. The van der Waals surface area contributed by atoms with Crippen molar-refractivity contribution in [2.75, 3.05) is 18.0 Å². The van der Waals surface area contributed by atoms with Gasteiger partial charge in [-0.15, -0.1) is 0 Å².